The lowest BCUT2D eigenvalue weighted by Crippen LogP contribution is -2.46. The Labute approximate surface area is 106 Å². The Bertz CT molecular complexity index is 463. The van der Waals surface area contributed by atoms with Gasteiger partial charge in [0.15, 0.2) is 5.71 Å². The zero-order valence-corrected chi connectivity index (χ0v) is 10.5. The molecule has 1 saturated heterocycles. The first kappa shape index (κ1) is 12.6. The monoisotopic (exact) mass is 249 g/mol. The van der Waals surface area contributed by atoms with E-state index < -0.39 is 6.03 Å². The number of hydrogen-bond donors (Lipinski definition) is 2. The van der Waals surface area contributed by atoms with E-state index in [0.717, 1.165) is 0 Å². The molecule has 0 aromatic rings. The second-order valence-corrected chi connectivity index (χ2v) is 4.57. The van der Waals surface area contributed by atoms with Crippen LogP contribution in [0.2, 0.25) is 0 Å². The van der Waals surface area contributed by atoms with Gasteiger partial charge in [-0.3, -0.25) is 4.90 Å². The SMILES string of the molecule is CCNC(=O)/[N+](O)=C1\C=C[C@@H]2C(C#N)C[C@H]1N2C. The number of amides is 2. The molecule has 2 amide bonds. The minimum Gasteiger partial charge on any atom is -0.347 e. The quantitative estimate of drug-likeness (QED) is 0.304. The van der Waals surface area contributed by atoms with Crippen LogP contribution in [0, 0.1) is 17.2 Å². The van der Waals surface area contributed by atoms with E-state index in [1.54, 1.807) is 13.0 Å². The zero-order chi connectivity index (χ0) is 13.3. The van der Waals surface area contributed by atoms with Crippen molar-refractivity contribution >= 4 is 11.7 Å². The highest BCUT2D eigenvalue weighted by atomic mass is 16.5. The van der Waals surface area contributed by atoms with Crippen LogP contribution in [0.1, 0.15) is 13.3 Å². The Hall–Kier alpha value is -1.87. The summed E-state index contributed by atoms with van der Waals surface area (Å²) in [5, 5.41) is 21.5. The molecule has 0 saturated carbocycles. The third-order valence-electron chi connectivity index (χ3n) is 3.59. The fourth-order valence-electron chi connectivity index (χ4n) is 2.63. The van der Waals surface area contributed by atoms with E-state index in [9.17, 15) is 10.0 Å². The molecule has 0 aromatic carbocycles. The number of carbonyl (C=O) groups excluding carboxylic acids is 1. The number of fused-ring (bicyclic) bond motifs is 2. The molecule has 2 heterocycles. The number of nitrogens with one attached hydrogen (secondary N) is 1. The number of hydrogen-bond acceptors (Lipinski definition) is 4. The van der Waals surface area contributed by atoms with Gasteiger partial charge in [-0.2, -0.15) is 10.1 Å². The van der Waals surface area contributed by atoms with Gasteiger partial charge >= 0.3 is 6.03 Å². The van der Waals surface area contributed by atoms with Gasteiger partial charge < -0.3 is 5.21 Å². The molecule has 96 valence electrons. The molecular formula is C12H17N4O2+. The van der Waals surface area contributed by atoms with Gasteiger partial charge in [0.1, 0.15) is 0 Å². The summed E-state index contributed by atoms with van der Waals surface area (Å²) in [6.45, 7) is 2.24. The second kappa shape index (κ2) is 4.78. The van der Waals surface area contributed by atoms with Gasteiger partial charge in [-0.05, 0) is 31.2 Å². The van der Waals surface area contributed by atoms with Gasteiger partial charge in [0.25, 0.3) is 0 Å². The maximum absolute atomic E-state index is 11.6. The van der Waals surface area contributed by atoms with E-state index in [1.807, 2.05) is 18.0 Å². The topological polar surface area (TPSA) is 79.4 Å². The smallest absolute Gasteiger partial charge is 0.347 e. The number of rotatable bonds is 1. The molecule has 1 fully saturated rings. The molecule has 2 bridgehead atoms. The van der Waals surface area contributed by atoms with Gasteiger partial charge in [-0.1, -0.05) is 6.08 Å². The predicted molar refractivity (Wildman–Crippen MR) is 64.3 cm³/mol. The third kappa shape index (κ3) is 1.87. The Morgan fingerprint density at radius 3 is 3.11 bits per heavy atom. The molecule has 0 spiro atoms. The number of urea groups is 1. The lowest BCUT2D eigenvalue weighted by molar-refractivity contribution is -0.700. The normalized spacial score (nSPS) is 33.1. The van der Waals surface area contributed by atoms with Crippen LogP contribution in [0.4, 0.5) is 4.79 Å². The van der Waals surface area contributed by atoms with Gasteiger partial charge in [0.05, 0.1) is 24.6 Å². The standard InChI is InChI=1S/C12H16N4O2/c1-3-14-12(17)16(18)10-5-4-9-8(7-13)6-11(10)15(9)2/h4-5,8-9,11H,3,6H2,1-2H3,(H-,14,17,18)/p+1/b16-10-/t8?,9-,11-/m1/s1. The highest BCUT2D eigenvalue weighted by molar-refractivity contribution is 5.99. The summed E-state index contributed by atoms with van der Waals surface area (Å²) in [4.78, 5) is 13.6. The van der Waals surface area contributed by atoms with Crippen LogP contribution in [-0.2, 0) is 0 Å². The molecule has 0 radical (unpaired) electrons. The molecule has 6 heteroatoms. The number of likely N-dealkylation sites (N-methyl/N-ethyl adjacent to an activating group) is 1. The first-order chi connectivity index (χ1) is 8.60. The molecule has 0 aliphatic carbocycles. The molecule has 0 aromatic heterocycles. The van der Waals surface area contributed by atoms with Crippen molar-refractivity contribution in [2.45, 2.75) is 25.4 Å². The van der Waals surface area contributed by atoms with E-state index in [0.29, 0.717) is 23.4 Å². The summed E-state index contributed by atoms with van der Waals surface area (Å²) in [5.41, 5.74) is 0.525. The van der Waals surface area contributed by atoms with E-state index >= 15 is 0 Å². The Balaban J connectivity index is 2.31. The molecule has 1 unspecified atom stereocenters. The summed E-state index contributed by atoms with van der Waals surface area (Å²) < 4.78 is 0.650. The number of carbonyl (C=O) groups is 1. The van der Waals surface area contributed by atoms with Crippen molar-refractivity contribution in [2.75, 3.05) is 13.6 Å². The van der Waals surface area contributed by atoms with Gasteiger partial charge in [-0.25, -0.2) is 5.32 Å². The molecule has 2 rings (SSSR count). The van der Waals surface area contributed by atoms with E-state index in [-0.39, 0.29) is 18.0 Å². The van der Waals surface area contributed by atoms with Crippen molar-refractivity contribution in [3.05, 3.63) is 12.2 Å². The van der Waals surface area contributed by atoms with Crippen molar-refractivity contribution in [3.63, 3.8) is 0 Å². The minimum atomic E-state index is -0.538. The van der Waals surface area contributed by atoms with Crippen LogP contribution in [0.25, 0.3) is 0 Å². The molecule has 18 heavy (non-hydrogen) atoms. The average molecular weight is 249 g/mol. The molecule has 2 N–H and O–H groups in total. The van der Waals surface area contributed by atoms with Crippen molar-refractivity contribution in [2.24, 2.45) is 5.92 Å². The zero-order valence-electron chi connectivity index (χ0n) is 10.5. The minimum absolute atomic E-state index is 0.0754. The van der Waals surface area contributed by atoms with Gasteiger partial charge in [0.2, 0.25) is 0 Å². The summed E-state index contributed by atoms with van der Waals surface area (Å²) >= 11 is 0. The summed E-state index contributed by atoms with van der Waals surface area (Å²) in [5.74, 6) is -0.0867. The van der Waals surface area contributed by atoms with Crippen LogP contribution >= 0.6 is 0 Å². The largest absolute Gasteiger partial charge is 0.530 e. The van der Waals surface area contributed by atoms with Crippen LogP contribution in [0.3, 0.4) is 0 Å². The van der Waals surface area contributed by atoms with Crippen LogP contribution in [0.5, 0.6) is 0 Å². The highest BCUT2D eigenvalue weighted by Gasteiger charge is 2.45. The first-order valence-corrected chi connectivity index (χ1v) is 6.03. The lowest BCUT2D eigenvalue weighted by atomic mass is 10.0. The molecule has 3 atom stereocenters. The Morgan fingerprint density at radius 2 is 2.50 bits per heavy atom. The van der Waals surface area contributed by atoms with Crippen molar-refractivity contribution < 1.29 is 14.7 Å². The highest BCUT2D eigenvalue weighted by Crippen LogP contribution is 2.33. The van der Waals surface area contributed by atoms with Crippen LogP contribution < -0.4 is 5.32 Å². The van der Waals surface area contributed by atoms with Gasteiger partial charge in [0, 0.05) is 6.04 Å². The molecule has 2 aliphatic rings. The van der Waals surface area contributed by atoms with Crippen LogP contribution in [-0.4, -0.2) is 52.3 Å². The maximum Gasteiger partial charge on any atom is 0.530 e. The van der Waals surface area contributed by atoms with E-state index in [1.165, 1.54) is 0 Å². The molecule has 6 nitrogen and oxygen atoms in total. The third-order valence-corrected chi connectivity index (χ3v) is 3.59. The molecule has 2 aliphatic heterocycles. The lowest BCUT2D eigenvalue weighted by Gasteiger charge is -2.26. The van der Waals surface area contributed by atoms with Gasteiger partial charge in [-0.15, -0.1) is 0 Å². The summed E-state index contributed by atoms with van der Waals surface area (Å²) in [7, 11) is 1.90. The maximum atomic E-state index is 11.6. The average Bonchev–Trinajstić information content (AvgIpc) is 2.57. The van der Waals surface area contributed by atoms with E-state index in [2.05, 4.69) is 11.4 Å². The Morgan fingerprint density at radius 1 is 1.78 bits per heavy atom. The van der Waals surface area contributed by atoms with Crippen molar-refractivity contribution in [3.8, 4) is 6.07 Å². The summed E-state index contributed by atoms with van der Waals surface area (Å²) in [6.07, 6.45) is 4.24. The predicted octanol–water partition coefficient (Wildman–Crippen LogP) is 0.341. The summed E-state index contributed by atoms with van der Waals surface area (Å²) in [6, 6.07) is 1.72. The Kier molecular flexibility index (Phi) is 3.34. The van der Waals surface area contributed by atoms with Crippen LogP contribution in [0.15, 0.2) is 12.2 Å². The first-order valence-electron chi connectivity index (χ1n) is 6.03. The fourth-order valence-corrected chi connectivity index (χ4v) is 2.63. The fraction of sp³-hybridized carbons (Fsp3) is 0.583. The second-order valence-electron chi connectivity index (χ2n) is 4.57. The number of nitrogens with zero attached hydrogens (tertiary/aromatic N) is 3. The number of hydroxylamine groups is 1. The van der Waals surface area contributed by atoms with Crippen molar-refractivity contribution in [1.82, 2.24) is 10.2 Å². The number of nitriles is 1. The van der Waals surface area contributed by atoms with E-state index in [4.69, 9.17) is 5.26 Å². The molecular weight excluding hydrogens is 232 g/mol. The van der Waals surface area contributed by atoms with Crippen molar-refractivity contribution in [1.29, 1.82) is 5.26 Å².